The van der Waals surface area contributed by atoms with Crippen LogP contribution >= 0.6 is 11.3 Å². The SMILES string of the molecule is Cc1csc(CCNCC2CCCC2CN)n1. The molecule has 2 atom stereocenters. The Kier molecular flexibility index (Phi) is 4.95. The van der Waals surface area contributed by atoms with Gasteiger partial charge < -0.3 is 11.1 Å². The first-order chi connectivity index (χ1) is 8.29. The van der Waals surface area contributed by atoms with Crippen LogP contribution in [0.15, 0.2) is 5.38 Å². The van der Waals surface area contributed by atoms with Crippen LogP contribution in [0.4, 0.5) is 0 Å². The van der Waals surface area contributed by atoms with E-state index in [0.29, 0.717) is 0 Å². The average Bonchev–Trinajstić information content (AvgIpc) is 2.93. The summed E-state index contributed by atoms with van der Waals surface area (Å²) in [7, 11) is 0. The summed E-state index contributed by atoms with van der Waals surface area (Å²) in [5, 5.41) is 6.93. The van der Waals surface area contributed by atoms with E-state index in [0.717, 1.165) is 43.6 Å². The van der Waals surface area contributed by atoms with Crippen LogP contribution in [0.3, 0.4) is 0 Å². The number of aryl methyl sites for hydroxylation is 1. The number of hydrogen-bond acceptors (Lipinski definition) is 4. The Morgan fingerprint density at radius 1 is 1.47 bits per heavy atom. The van der Waals surface area contributed by atoms with Gasteiger partial charge >= 0.3 is 0 Å². The van der Waals surface area contributed by atoms with E-state index in [4.69, 9.17) is 5.73 Å². The zero-order valence-electron chi connectivity index (χ0n) is 10.6. The largest absolute Gasteiger partial charge is 0.330 e. The molecule has 0 radical (unpaired) electrons. The Hall–Kier alpha value is -0.450. The van der Waals surface area contributed by atoms with Crippen LogP contribution in [-0.2, 0) is 6.42 Å². The average molecular weight is 253 g/mol. The van der Waals surface area contributed by atoms with Gasteiger partial charge in [0.15, 0.2) is 0 Å². The van der Waals surface area contributed by atoms with Gasteiger partial charge in [0.25, 0.3) is 0 Å². The minimum Gasteiger partial charge on any atom is -0.330 e. The van der Waals surface area contributed by atoms with Crippen molar-refractivity contribution in [2.75, 3.05) is 19.6 Å². The maximum absolute atomic E-state index is 5.79. The van der Waals surface area contributed by atoms with Gasteiger partial charge in [-0.05, 0) is 44.7 Å². The highest BCUT2D eigenvalue weighted by Crippen LogP contribution is 2.30. The summed E-state index contributed by atoms with van der Waals surface area (Å²) in [5.74, 6) is 1.56. The van der Waals surface area contributed by atoms with Crippen molar-refractivity contribution >= 4 is 11.3 Å². The number of rotatable bonds is 6. The third kappa shape index (κ3) is 3.76. The Bertz CT molecular complexity index is 337. The second-order valence-corrected chi connectivity index (χ2v) is 5.97. The van der Waals surface area contributed by atoms with Crippen molar-refractivity contribution in [3.8, 4) is 0 Å². The Morgan fingerprint density at radius 3 is 3.00 bits per heavy atom. The summed E-state index contributed by atoms with van der Waals surface area (Å²) in [5.41, 5.74) is 6.93. The molecule has 3 N–H and O–H groups in total. The van der Waals surface area contributed by atoms with Gasteiger partial charge in [0.1, 0.15) is 0 Å². The lowest BCUT2D eigenvalue weighted by Gasteiger charge is -2.18. The predicted octanol–water partition coefficient (Wildman–Crippen LogP) is 1.96. The molecule has 2 rings (SSSR count). The smallest absolute Gasteiger partial charge is 0.0940 e. The van der Waals surface area contributed by atoms with Gasteiger partial charge in [-0.25, -0.2) is 4.98 Å². The van der Waals surface area contributed by atoms with E-state index in [9.17, 15) is 0 Å². The lowest BCUT2D eigenvalue weighted by molar-refractivity contribution is 0.375. The molecule has 0 aliphatic heterocycles. The molecule has 0 saturated heterocycles. The molecule has 1 aliphatic carbocycles. The number of hydrogen-bond donors (Lipinski definition) is 2. The molecule has 1 aromatic heterocycles. The number of nitrogens with two attached hydrogens (primary N) is 1. The number of nitrogens with one attached hydrogen (secondary N) is 1. The first-order valence-corrected chi connectivity index (χ1v) is 7.49. The molecule has 1 aromatic rings. The van der Waals surface area contributed by atoms with E-state index in [1.807, 2.05) is 0 Å². The van der Waals surface area contributed by atoms with Gasteiger partial charge in [0.05, 0.1) is 5.01 Å². The van der Waals surface area contributed by atoms with Crippen LogP contribution in [0.2, 0.25) is 0 Å². The van der Waals surface area contributed by atoms with Gasteiger partial charge in [-0.2, -0.15) is 0 Å². The lowest BCUT2D eigenvalue weighted by atomic mass is 9.96. The maximum Gasteiger partial charge on any atom is 0.0940 e. The van der Waals surface area contributed by atoms with Crippen LogP contribution < -0.4 is 11.1 Å². The molecule has 0 aromatic carbocycles. The van der Waals surface area contributed by atoms with E-state index in [1.54, 1.807) is 11.3 Å². The standard InChI is InChI=1S/C13H23N3S/c1-10-9-17-13(16-10)5-6-15-8-12-4-2-3-11(12)7-14/h9,11-12,15H,2-8,14H2,1H3. The van der Waals surface area contributed by atoms with E-state index < -0.39 is 0 Å². The monoisotopic (exact) mass is 253 g/mol. The Morgan fingerprint density at radius 2 is 2.29 bits per heavy atom. The highest BCUT2D eigenvalue weighted by molar-refractivity contribution is 7.09. The number of thiazole rings is 1. The Labute approximate surface area is 108 Å². The molecule has 2 unspecified atom stereocenters. The van der Waals surface area contributed by atoms with Crippen molar-refractivity contribution in [1.82, 2.24) is 10.3 Å². The summed E-state index contributed by atoms with van der Waals surface area (Å²) in [4.78, 5) is 4.47. The topological polar surface area (TPSA) is 50.9 Å². The summed E-state index contributed by atoms with van der Waals surface area (Å²) < 4.78 is 0. The Balaban J connectivity index is 1.63. The van der Waals surface area contributed by atoms with Crippen LogP contribution in [0, 0.1) is 18.8 Å². The van der Waals surface area contributed by atoms with E-state index in [1.165, 1.54) is 24.3 Å². The third-order valence-electron chi connectivity index (χ3n) is 3.71. The molecule has 4 heteroatoms. The number of nitrogens with zero attached hydrogens (tertiary/aromatic N) is 1. The van der Waals surface area contributed by atoms with Crippen LogP contribution in [0.1, 0.15) is 30.0 Å². The molecule has 1 heterocycles. The molecule has 1 fully saturated rings. The van der Waals surface area contributed by atoms with Crippen LogP contribution in [0.5, 0.6) is 0 Å². The highest BCUT2D eigenvalue weighted by Gasteiger charge is 2.25. The molecule has 3 nitrogen and oxygen atoms in total. The summed E-state index contributed by atoms with van der Waals surface area (Å²) >= 11 is 1.77. The van der Waals surface area contributed by atoms with Gasteiger partial charge in [-0.3, -0.25) is 0 Å². The fraction of sp³-hybridized carbons (Fsp3) is 0.769. The predicted molar refractivity (Wildman–Crippen MR) is 73.3 cm³/mol. The van der Waals surface area contributed by atoms with E-state index in [2.05, 4.69) is 22.6 Å². The molecule has 0 amide bonds. The summed E-state index contributed by atoms with van der Waals surface area (Å²) in [6.45, 7) is 5.09. The highest BCUT2D eigenvalue weighted by atomic mass is 32.1. The molecule has 1 aliphatic rings. The minimum atomic E-state index is 0.754. The quantitative estimate of drug-likeness (QED) is 0.762. The van der Waals surface area contributed by atoms with Crippen molar-refractivity contribution in [2.24, 2.45) is 17.6 Å². The van der Waals surface area contributed by atoms with E-state index >= 15 is 0 Å². The van der Waals surface area contributed by atoms with E-state index in [-0.39, 0.29) is 0 Å². The van der Waals surface area contributed by atoms with Crippen molar-refractivity contribution in [3.63, 3.8) is 0 Å². The molecular formula is C13H23N3S. The first-order valence-electron chi connectivity index (χ1n) is 6.61. The van der Waals surface area contributed by atoms with Crippen molar-refractivity contribution in [3.05, 3.63) is 16.1 Å². The fourth-order valence-corrected chi connectivity index (χ4v) is 3.47. The molecular weight excluding hydrogens is 230 g/mol. The van der Waals surface area contributed by atoms with Crippen molar-refractivity contribution < 1.29 is 0 Å². The molecule has 17 heavy (non-hydrogen) atoms. The second-order valence-electron chi connectivity index (χ2n) is 5.02. The molecule has 0 bridgehead atoms. The van der Waals surface area contributed by atoms with Gasteiger partial charge in [-0.1, -0.05) is 6.42 Å². The zero-order chi connectivity index (χ0) is 12.1. The zero-order valence-corrected chi connectivity index (χ0v) is 11.4. The fourth-order valence-electron chi connectivity index (χ4n) is 2.69. The normalized spacial score (nSPS) is 24.4. The van der Waals surface area contributed by atoms with Gasteiger partial charge in [-0.15, -0.1) is 11.3 Å². The maximum atomic E-state index is 5.79. The van der Waals surface area contributed by atoms with Gasteiger partial charge in [0, 0.05) is 24.0 Å². The third-order valence-corrected chi connectivity index (χ3v) is 4.73. The number of aromatic nitrogens is 1. The van der Waals surface area contributed by atoms with Crippen molar-refractivity contribution in [1.29, 1.82) is 0 Å². The van der Waals surface area contributed by atoms with Crippen molar-refractivity contribution in [2.45, 2.75) is 32.6 Å². The van der Waals surface area contributed by atoms with Crippen LogP contribution in [-0.4, -0.2) is 24.6 Å². The molecule has 0 spiro atoms. The summed E-state index contributed by atoms with van der Waals surface area (Å²) in [6.07, 6.45) is 5.10. The summed E-state index contributed by atoms with van der Waals surface area (Å²) in [6, 6.07) is 0. The first kappa shape index (κ1) is 13.0. The van der Waals surface area contributed by atoms with Crippen LogP contribution in [0.25, 0.3) is 0 Å². The molecule has 1 saturated carbocycles. The van der Waals surface area contributed by atoms with Gasteiger partial charge in [0.2, 0.25) is 0 Å². The minimum absolute atomic E-state index is 0.754. The second kappa shape index (κ2) is 6.47. The molecule has 96 valence electrons. The lowest BCUT2D eigenvalue weighted by Crippen LogP contribution is -2.30.